The molecular formula is C12H14ClN3. The van der Waals surface area contributed by atoms with Crippen molar-refractivity contribution in [2.75, 3.05) is 0 Å². The largest absolute Gasteiger partial charge is 0.326 e. The maximum absolute atomic E-state index is 5.96. The molecule has 3 nitrogen and oxygen atoms in total. The van der Waals surface area contributed by atoms with Crippen molar-refractivity contribution in [1.29, 1.82) is 0 Å². The average molecular weight is 236 g/mol. The minimum absolute atomic E-state index is 0.546. The summed E-state index contributed by atoms with van der Waals surface area (Å²) >= 11 is 5.96. The van der Waals surface area contributed by atoms with Gasteiger partial charge in [0.1, 0.15) is 0 Å². The lowest BCUT2D eigenvalue weighted by molar-refractivity contribution is 0.660. The van der Waals surface area contributed by atoms with E-state index in [1.54, 1.807) is 6.20 Å². The maximum atomic E-state index is 5.96. The minimum atomic E-state index is 0.546. The van der Waals surface area contributed by atoms with Gasteiger partial charge in [-0.25, -0.2) is 0 Å². The van der Waals surface area contributed by atoms with E-state index in [4.69, 9.17) is 17.3 Å². The first kappa shape index (κ1) is 11.2. The van der Waals surface area contributed by atoms with E-state index in [0.29, 0.717) is 18.1 Å². The Morgan fingerprint density at radius 2 is 2.00 bits per heavy atom. The van der Waals surface area contributed by atoms with Crippen molar-refractivity contribution in [3.63, 3.8) is 0 Å². The van der Waals surface area contributed by atoms with Gasteiger partial charge in [0.2, 0.25) is 0 Å². The summed E-state index contributed by atoms with van der Waals surface area (Å²) in [7, 11) is 0. The van der Waals surface area contributed by atoms with Crippen LogP contribution in [0.4, 0.5) is 0 Å². The van der Waals surface area contributed by atoms with Gasteiger partial charge in [0.25, 0.3) is 0 Å². The predicted molar refractivity (Wildman–Crippen MR) is 65.4 cm³/mol. The number of hydrogen-bond acceptors (Lipinski definition) is 2. The Hall–Kier alpha value is -1.32. The van der Waals surface area contributed by atoms with Gasteiger partial charge in [-0.1, -0.05) is 35.9 Å². The van der Waals surface area contributed by atoms with Crippen molar-refractivity contribution in [2.45, 2.75) is 20.0 Å². The van der Waals surface area contributed by atoms with Gasteiger partial charge in [-0.2, -0.15) is 5.10 Å². The van der Waals surface area contributed by atoms with Gasteiger partial charge in [-0.05, 0) is 18.1 Å². The number of hydrogen-bond donors (Lipinski definition) is 1. The summed E-state index contributed by atoms with van der Waals surface area (Å²) in [5, 5.41) is 4.93. The Labute approximate surface area is 99.8 Å². The first-order chi connectivity index (χ1) is 7.72. The molecule has 0 saturated heterocycles. The molecule has 1 heterocycles. The van der Waals surface area contributed by atoms with Crippen LogP contribution < -0.4 is 5.73 Å². The van der Waals surface area contributed by atoms with Crippen LogP contribution in [0.5, 0.6) is 0 Å². The Morgan fingerprint density at radius 3 is 2.56 bits per heavy atom. The molecule has 0 saturated carbocycles. The summed E-state index contributed by atoms with van der Waals surface area (Å²) in [6.07, 6.45) is 1.67. The number of rotatable bonds is 3. The van der Waals surface area contributed by atoms with Gasteiger partial charge in [0, 0.05) is 6.54 Å². The van der Waals surface area contributed by atoms with Crippen LogP contribution in [0.2, 0.25) is 5.02 Å². The van der Waals surface area contributed by atoms with E-state index in [-0.39, 0.29) is 0 Å². The minimum Gasteiger partial charge on any atom is -0.326 e. The van der Waals surface area contributed by atoms with Gasteiger partial charge >= 0.3 is 0 Å². The van der Waals surface area contributed by atoms with Crippen LogP contribution in [0.1, 0.15) is 16.8 Å². The van der Waals surface area contributed by atoms with Crippen LogP contribution in [0.3, 0.4) is 0 Å². The molecule has 4 heteroatoms. The van der Waals surface area contributed by atoms with E-state index < -0.39 is 0 Å². The van der Waals surface area contributed by atoms with Gasteiger partial charge in [-0.3, -0.25) is 4.68 Å². The summed E-state index contributed by atoms with van der Waals surface area (Å²) in [6.45, 7) is 3.22. The summed E-state index contributed by atoms with van der Waals surface area (Å²) in [4.78, 5) is 0. The molecule has 0 spiro atoms. The van der Waals surface area contributed by atoms with Crippen LogP contribution in [0, 0.1) is 6.92 Å². The SMILES string of the molecule is Cc1c(Cl)cnn1Cc1ccccc1CN. The van der Waals surface area contributed by atoms with Crippen molar-refractivity contribution < 1.29 is 0 Å². The second kappa shape index (κ2) is 4.68. The van der Waals surface area contributed by atoms with Gasteiger partial charge in [-0.15, -0.1) is 0 Å². The summed E-state index contributed by atoms with van der Waals surface area (Å²) in [6, 6.07) is 8.11. The lowest BCUT2D eigenvalue weighted by Crippen LogP contribution is -2.08. The van der Waals surface area contributed by atoms with Gasteiger partial charge in [0.05, 0.1) is 23.5 Å². The highest BCUT2D eigenvalue weighted by atomic mass is 35.5. The molecule has 0 atom stereocenters. The van der Waals surface area contributed by atoms with Crippen LogP contribution in [-0.4, -0.2) is 9.78 Å². The molecule has 0 bridgehead atoms. The first-order valence-corrected chi connectivity index (χ1v) is 5.55. The third-order valence-corrected chi connectivity index (χ3v) is 3.07. The topological polar surface area (TPSA) is 43.8 Å². The van der Waals surface area contributed by atoms with Crippen LogP contribution in [0.25, 0.3) is 0 Å². The monoisotopic (exact) mass is 235 g/mol. The Kier molecular flexibility index (Phi) is 3.27. The van der Waals surface area contributed by atoms with Crippen LogP contribution in [-0.2, 0) is 13.1 Å². The molecule has 0 fully saturated rings. The highest BCUT2D eigenvalue weighted by Crippen LogP contribution is 2.16. The average Bonchev–Trinajstić information content (AvgIpc) is 2.62. The zero-order chi connectivity index (χ0) is 11.5. The third-order valence-electron chi connectivity index (χ3n) is 2.70. The molecule has 0 aliphatic heterocycles. The molecule has 0 amide bonds. The van der Waals surface area contributed by atoms with Gasteiger partial charge in [0.15, 0.2) is 0 Å². The fraction of sp³-hybridized carbons (Fsp3) is 0.250. The number of benzene rings is 1. The van der Waals surface area contributed by atoms with E-state index in [0.717, 1.165) is 11.3 Å². The molecule has 2 N–H and O–H groups in total. The highest BCUT2D eigenvalue weighted by Gasteiger charge is 2.06. The van der Waals surface area contributed by atoms with Crippen molar-refractivity contribution in [2.24, 2.45) is 5.73 Å². The summed E-state index contributed by atoms with van der Waals surface area (Å²) in [5.74, 6) is 0. The second-order valence-corrected chi connectivity index (χ2v) is 4.12. The molecule has 0 aliphatic rings. The molecule has 0 radical (unpaired) electrons. The lowest BCUT2D eigenvalue weighted by atomic mass is 10.1. The zero-order valence-electron chi connectivity index (χ0n) is 9.15. The molecule has 0 aliphatic carbocycles. The Balaban J connectivity index is 2.30. The molecule has 1 aromatic carbocycles. The number of aromatic nitrogens is 2. The standard InChI is InChI=1S/C12H14ClN3/c1-9-12(13)7-15-16(9)8-11-5-3-2-4-10(11)6-14/h2-5,7H,6,8,14H2,1H3. The second-order valence-electron chi connectivity index (χ2n) is 3.71. The lowest BCUT2D eigenvalue weighted by Gasteiger charge is -2.09. The fourth-order valence-corrected chi connectivity index (χ4v) is 1.80. The summed E-state index contributed by atoms with van der Waals surface area (Å²) in [5.41, 5.74) is 9.01. The molecular weight excluding hydrogens is 222 g/mol. The predicted octanol–water partition coefficient (Wildman–Crippen LogP) is 2.35. The fourth-order valence-electron chi connectivity index (χ4n) is 1.66. The number of nitrogens with zero attached hydrogens (tertiary/aromatic N) is 2. The number of nitrogens with two attached hydrogens (primary N) is 1. The molecule has 84 valence electrons. The van der Waals surface area contributed by atoms with E-state index in [1.165, 1.54) is 5.56 Å². The van der Waals surface area contributed by atoms with E-state index in [9.17, 15) is 0 Å². The van der Waals surface area contributed by atoms with Crippen molar-refractivity contribution >= 4 is 11.6 Å². The third kappa shape index (κ3) is 2.10. The van der Waals surface area contributed by atoms with E-state index in [2.05, 4.69) is 11.2 Å². The van der Waals surface area contributed by atoms with Crippen molar-refractivity contribution in [3.8, 4) is 0 Å². The van der Waals surface area contributed by atoms with Gasteiger partial charge < -0.3 is 5.73 Å². The first-order valence-electron chi connectivity index (χ1n) is 5.17. The molecule has 2 rings (SSSR count). The molecule has 0 unspecified atom stereocenters. The van der Waals surface area contributed by atoms with E-state index >= 15 is 0 Å². The Bertz CT molecular complexity index is 491. The Morgan fingerprint density at radius 1 is 1.31 bits per heavy atom. The number of halogens is 1. The smallest absolute Gasteiger partial charge is 0.0815 e. The normalized spacial score (nSPS) is 10.7. The quantitative estimate of drug-likeness (QED) is 0.888. The van der Waals surface area contributed by atoms with Crippen LogP contribution in [0.15, 0.2) is 30.5 Å². The maximum Gasteiger partial charge on any atom is 0.0815 e. The van der Waals surface area contributed by atoms with E-state index in [1.807, 2.05) is 29.8 Å². The highest BCUT2D eigenvalue weighted by molar-refractivity contribution is 6.31. The molecule has 1 aromatic heterocycles. The van der Waals surface area contributed by atoms with Crippen molar-refractivity contribution in [1.82, 2.24) is 9.78 Å². The van der Waals surface area contributed by atoms with Crippen molar-refractivity contribution in [3.05, 3.63) is 52.3 Å². The zero-order valence-corrected chi connectivity index (χ0v) is 9.91. The summed E-state index contributed by atoms with van der Waals surface area (Å²) < 4.78 is 1.89. The molecule has 2 aromatic rings. The molecule has 16 heavy (non-hydrogen) atoms. The van der Waals surface area contributed by atoms with Crippen LogP contribution >= 0.6 is 11.6 Å².